The van der Waals surface area contributed by atoms with Crippen LogP contribution in [-0.2, 0) is 20.0 Å². The standard InChI is InChI=1S/C18H28N6O/c1-3-4-6-17-20-11-15(21-17)13-23-7-5-8-24(10-9-23)18(25)16-12-19-14-22(16)2/h11-12,14H,3-10,13H2,1-2H3,(H,20,21). The zero-order valence-electron chi connectivity index (χ0n) is 15.2. The van der Waals surface area contributed by atoms with Crippen molar-refractivity contribution >= 4 is 5.91 Å². The van der Waals surface area contributed by atoms with Crippen LogP contribution in [0.15, 0.2) is 18.7 Å². The largest absolute Gasteiger partial charge is 0.345 e. The van der Waals surface area contributed by atoms with Crippen LogP contribution in [0.4, 0.5) is 0 Å². The van der Waals surface area contributed by atoms with Crippen molar-refractivity contribution in [3.63, 3.8) is 0 Å². The van der Waals surface area contributed by atoms with Gasteiger partial charge in [0.15, 0.2) is 0 Å². The number of aromatic amines is 1. The summed E-state index contributed by atoms with van der Waals surface area (Å²) in [5.74, 6) is 1.16. The summed E-state index contributed by atoms with van der Waals surface area (Å²) in [5.41, 5.74) is 1.82. The molecule has 2 aromatic rings. The number of aryl methyl sites for hydroxylation is 2. The maximum atomic E-state index is 12.6. The van der Waals surface area contributed by atoms with Gasteiger partial charge in [-0.2, -0.15) is 0 Å². The number of hydrogen-bond acceptors (Lipinski definition) is 4. The number of aromatic nitrogens is 4. The molecule has 0 aliphatic carbocycles. The molecule has 2 aromatic heterocycles. The van der Waals surface area contributed by atoms with Gasteiger partial charge in [0.25, 0.3) is 5.91 Å². The summed E-state index contributed by atoms with van der Waals surface area (Å²) in [5, 5.41) is 0. The summed E-state index contributed by atoms with van der Waals surface area (Å²) in [4.78, 5) is 28.9. The summed E-state index contributed by atoms with van der Waals surface area (Å²) in [6.07, 6.45) is 9.63. The van der Waals surface area contributed by atoms with Crippen molar-refractivity contribution in [2.45, 2.75) is 39.2 Å². The van der Waals surface area contributed by atoms with Crippen molar-refractivity contribution in [3.8, 4) is 0 Å². The second-order valence-corrected chi connectivity index (χ2v) is 6.77. The van der Waals surface area contributed by atoms with Gasteiger partial charge in [0, 0.05) is 58.1 Å². The first-order chi connectivity index (χ1) is 12.2. The molecule has 0 radical (unpaired) electrons. The molecule has 1 N–H and O–H groups in total. The molecule has 1 aliphatic rings. The third-order valence-electron chi connectivity index (χ3n) is 4.75. The van der Waals surface area contributed by atoms with Crippen molar-refractivity contribution in [2.24, 2.45) is 7.05 Å². The molecule has 1 fully saturated rings. The average molecular weight is 344 g/mol. The fourth-order valence-corrected chi connectivity index (χ4v) is 3.26. The van der Waals surface area contributed by atoms with Crippen LogP contribution in [0.25, 0.3) is 0 Å². The molecule has 0 aromatic carbocycles. The molecule has 7 nitrogen and oxygen atoms in total. The second-order valence-electron chi connectivity index (χ2n) is 6.77. The average Bonchev–Trinajstić information content (AvgIpc) is 3.16. The van der Waals surface area contributed by atoms with E-state index in [1.165, 1.54) is 12.8 Å². The normalized spacial score (nSPS) is 16.2. The first kappa shape index (κ1) is 17.7. The molecule has 1 aliphatic heterocycles. The minimum atomic E-state index is 0.0743. The van der Waals surface area contributed by atoms with Crippen molar-refractivity contribution in [1.82, 2.24) is 29.3 Å². The van der Waals surface area contributed by atoms with E-state index in [0.29, 0.717) is 5.69 Å². The fraction of sp³-hybridized carbons (Fsp3) is 0.611. The molecule has 25 heavy (non-hydrogen) atoms. The predicted molar refractivity (Wildman–Crippen MR) is 96.2 cm³/mol. The van der Waals surface area contributed by atoms with Gasteiger partial charge in [0.2, 0.25) is 0 Å². The van der Waals surface area contributed by atoms with Gasteiger partial charge >= 0.3 is 0 Å². The Morgan fingerprint density at radius 3 is 2.88 bits per heavy atom. The number of nitrogens with zero attached hydrogens (tertiary/aromatic N) is 5. The lowest BCUT2D eigenvalue weighted by molar-refractivity contribution is 0.0751. The van der Waals surface area contributed by atoms with E-state index in [-0.39, 0.29) is 5.91 Å². The summed E-state index contributed by atoms with van der Waals surface area (Å²) in [6, 6.07) is 0. The fourth-order valence-electron chi connectivity index (χ4n) is 3.26. The van der Waals surface area contributed by atoms with Gasteiger partial charge in [-0.1, -0.05) is 13.3 Å². The Labute approximate surface area is 149 Å². The zero-order valence-corrected chi connectivity index (χ0v) is 15.2. The maximum Gasteiger partial charge on any atom is 0.272 e. The Hall–Kier alpha value is -2.15. The smallest absolute Gasteiger partial charge is 0.272 e. The molecule has 1 amide bonds. The van der Waals surface area contributed by atoms with Crippen molar-refractivity contribution in [2.75, 3.05) is 26.2 Å². The first-order valence-electron chi connectivity index (χ1n) is 9.18. The van der Waals surface area contributed by atoms with Gasteiger partial charge in [-0.15, -0.1) is 0 Å². The van der Waals surface area contributed by atoms with Crippen LogP contribution in [-0.4, -0.2) is 61.4 Å². The highest BCUT2D eigenvalue weighted by Gasteiger charge is 2.22. The number of nitrogens with one attached hydrogen (secondary N) is 1. The second kappa shape index (κ2) is 8.29. The molecular formula is C18H28N6O. The van der Waals surface area contributed by atoms with Gasteiger partial charge in [-0.3, -0.25) is 9.69 Å². The van der Waals surface area contributed by atoms with Crippen molar-refractivity contribution in [3.05, 3.63) is 35.9 Å². The van der Waals surface area contributed by atoms with Gasteiger partial charge in [0.05, 0.1) is 12.5 Å². The van der Waals surface area contributed by atoms with Gasteiger partial charge in [-0.05, 0) is 12.8 Å². The van der Waals surface area contributed by atoms with Crippen LogP contribution in [0.5, 0.6) is 0 Å². The molecule has 0 saturated carbocycles. The van der Waals surface area contributed by atoms with Crippen LogP contribution in [0.1, 0.15) is 48.2 Å². The zero-order chi connectivity index (χ0) is 17.6. The third-order valence-corrected chi connectivity index (χ3v) is 4.75. The van der Waals surface area contributed by atoms with Gasteiger partial charge in [0.1, 0.15) is 11.5 Å². The summed E-state index contributed by atoms with van der Waals surface area (Å²) in [6.45, 7) is 6.49. The topological polar surface area (TPSA) is 70.1 Å². The molecule has 136 valence electrons. The molecular weight excluding hydrogens is 316 g/mol. The molecule has 0 spiro atoms. The summed E-state index contributed by atoms with van der Waals surface area (Å²) < 4.78 is 1.79. The Balaban J connectivity index is 1.54. The van der Waals surface area contributed by atoms with E-state index in [9.17, 15) is 4.79 Å². The lowest BCUT2D eigenvalue weighted by Gasteiger charge is -2.21. The molecule has 0 unspecified atom stereocenters. The van der Waals surface area contributed by atoms with E-state index >= 15 is 0 Å². The van der Waals surface area contributed by atoms with E-state index in [2.05, 4.69) is 26.8 Å². The van der Waals surface area contributed by atoms with E-state index < -0.39 is 0 Å². The molecule has 0 bridgehead atoms. The van der Waals surface area contributed by atoms with E-state index in [0.717, 1.165) is 57.1 Å². The molecule has 3 rings (SSSR count). The SMILES string of the molecule is CCCCc1ncc(CN2CCCN(C(=O)c3cncn3C)CC2)[nH]1. The van der Waals surface area contributed by atoms with Crippen LogP contribution in [0.3, 0.4) is 0 Å². The van der Waals surface area contributed by atoms with Crippen LogP contribution in [0, 0.1) is 0 Å². The van der Waals surface area contributed by atoms with Crippen LogP contribution in [0.2, 0.25) is 0 Å². The number of carbonyl (C=O) groups is 1. The Bertz CT molecular complexity index is 691. The highest BCUT2D eigenvalue weighted by atomic mass is 16.2. The lowest BCUT2D eigenvalue weighted by Crippen LogP contribution is -2.36. The van der Waals surface area contributed by atoms with Crippen molar-refractivity contribution in [1.29, 1.82) is 0 Å². The van der Waals surface area contributed by atoms with E-state index in [1.807, 2.05) is 18.1 Å². The first-order valence-corrected chi connectivity index (χ1v) is 9.18. The minimum Gasteiger partial charge on any atom is -0.345 e. The van der Waals surface area contributed by atoms with Gasteiger partial charge in [-0.25, -0.2) is 9.97 Å². The highest BCUT2D eigenvalue weighted by molar-refractivity contribution is 5.92. The quantitative estimate of drug-likeness (QED) is 0.868. The number of amides is 1. The molecule has 0 atom stereocenters. The third kappa shape index (κ3) is 4.48. The van der Waals surface area contributed by atoms with Crippen molar-refractivity contribution < 1.29 is 4.79 Å². The Morgan fingerprint density at radius 2 is 2.12 bits per heavy atom. The minimum absolute atomic E-state index is 0.0743. The number of imidazole rings is 2. The monoisotopic (exact) mass is 344 g/mol. The number of rotatable bonds is 6. The van der Waals surface area contributed by atoms with Crippen LogP contribution < -0.4 is 0 Å². The molecule has 1 saturated heterocycles. The Kier molecular flexibility index (Phi) is 5.86. The van der Waals surface area contributed by atoms with E-state index in [4.69, 9.17) is 0 Å². The number of unbranched alkanes of at least 4 members (excludes halogenated alkanes) is 1. The van der Waals surface area contributed by atoms with Crippen LogP contribution >= 0.6 is 0 Å². The van der Waals surface area contributed by atoms with E-state index in [1.54, 1.807) is 17.1 Å². The number of hydrogen-bond donors (Lipinski definition) is 1. The maximum absolute atomic E-state index is 12.6. The highest BCUT2D eigenvalue weighted by Crippen LogP contribution is 2.11. The summed E-state index contributed by atoms with van der Waals surface area (Å²) in [7, 11) is 1.86. The molecule has 7 heteroatoms. The number of carbonyl (C=O) groups excluding carboxylic acids is 1. The number of H-pyrrole nitrogens is 1. The molecule has 3 heterocycles. The predicted octanol–water partition coefficient (Wildman–Crippen LogP) is 1.83. The summed E-state index contributed by atoms with van der Waals surface area (Å²) >= 11 is 0. The Morgan fingerprint density at radius 1 is 1.24 bits per heavy atom. The van der Waals surface area contributed by atoms with Gasteiger partial charge < -0.3 is 14.5 Å². The lowest BCUT2D eigenvalue weighted by atomic mass is 10.2.